The van der Waals surface area contributed by atoms with Gasteiger partial charge in [0.25, 0.3) is 0 Å². The Morgan fingerprint density at radius 3 is 2.33 bits per heavy atom. The number of fused-ring (bicyclic) bond motifs is 1. The van der Waals surface area contributed by atoms with E-state index in [0.717, 1.165) is 98.1 Å². The second kappa shape index (κ2) is 10.1. The summed E-state index contributed by atoms with van der Waals surface area (Å²) >= 11 is 0. The first-order chi connectivity index (χ1) is 17.8. The Balaban J connectivity index is 1.29. The number of hydrogen-bond donors (Lipinski definition) is 1. The fourth-order valence-corrected chi connectivity index (χ4v) is 5.08. The summed E-state index contributed by atoms with van der Waals surface area (Å²) in [6.07, 6.45) is 1.83. The third-order valence-corrected chi connectivity index (χ3v) is 7.10. The second-order valence-corrected chi connectivity index (χ2v) is 9.32. The van der Waals surface area contributed by atoms with Crippen LogP contribution in [-0.2, 0) is 16.0 Å². The summed E-state index contributed by atoms with van der Waals surface area (Å²) in [4.78, 5) is 13.0. The normalized spacial score (nSPS) is 16.8. The zero-order valence-corrected chi connectivity index (χ0v) is 20.2. The average molecular weight is 480 g/mol. The van der Waals surface area contributed by atoms with E-state index in [1.54, 1.807) is 0 Å². The van der Waals surface area contributed by atoms with Crippen LogP contribution < -0.4 is 4.90 Å². The van der Waals surface area contributed by atoms with Gasteiger partial charge in [-0.1, -0.05) is 24.3 Å². The molecule has 182 valence electrons. The molecule has 0 unspecified atom stereocenters. The van der Waals surface area contributed by atoms with Crippen molar-refractivity contribution in [1.29, 1.82) is 5.26 Å². The third kappa shape index (κ3) is 4.59. The minimum absolute atomic E-state index is 0.701. The van der Waals surface area contributed by atoms with E-state index < -0.39 is 0 Å². The summed E-state index contributed by atoms with van der Waals surface area (Å²) in [6, 6.07) is 21.4. The van der Waals surface area contributed by atoms with Gasteiger partial charge in [0.15, 0.2) is 0 Å². The van der Waals surface area contributed by atoms with Crippen molar-refractivity contribution >= 4 is 16.6 Å². The van der Waals surface area contributed by atoms with Gasteiger partial charge >= 0.3 is 0 Å². The van der Waals surface area contributed by atoms with Crippen LogP contribution in [0.5, 0.6) is 0 Å². The first kappa shape index (κ1) is 22.7. The van der Waals surface area contributed by atoms with Gasteiger partial charge in [-0.25, -0.2) is 0 Å². The molecule has 2 aliphatic rings. The lowest BCUT2D eigenvalue weighted by Gasteiger charge is -2.28. The first-order valence-electron chi connectivity index (χ1n) is 12.5. The van der Waals surface area contributed by atoms with Gasteiger partial charge in [-0.3, -0.25) is 9.88 Å². The lowest BCUT2D eigenvalue weighted by atomic mass is 10.00. The number of H-pyrrole nitrogens is 1. The van der Waals surface area contributed by atoms with Crippen molar-refractivity contribution in [3.63, 3.8) is 0 Å². The monoisotopic (exact) mass is 479 g/mol. The summed E-state index contributed by atoms with van der Waals surface area (Å²) < 4.78 is 10.9. The number of pyridine rings is 1. The molecule has 2 aromatic heterocycles. The summed E-state index contributed by atoms with van der Waals surface area (Å²) in [7, 11) is 0. The molecule has 7 heteroatoms. The second-order valence-electron chi connectivity index (χ2n) is 9.32. The molecule has 2 saturated heterocycles. The van der Waals surface area contributed by atoms with E-state index in [9.17, 15) is 5.26 Å². The van der Waals surface area contributed by atoms with Crippen molar-refractivity contribution in [2.45, 2.75) is 6.54 Å². The molecule has 0 radical (unpaired) electrons. The van der Waals surface area contributed by atoms with Crippen molar-refractivity contribution in [2.75, 3.05) is 57.5 Å². The van der Waals surface area contributed by atoms with Crippen LogP contribution in [0.3, 0.4) is 0 Å². The number of nitrogens with zero attached hydrogens (tertiary/aromatic N) is 4. The predicted octanol–water partition coefficient (Wildman–Crippen LogP) is 4.44. The molecule has 2 fully saturated rings. The number of rotatable bonds is 5. The minimum Gasteiger partial charge on any atom is -0.379 e. The summed E-state index contributed by atoms with van der Waals surface area (Å²) in [5.41, 5.74) is 8.03. The first-order valence-corrected chi connectivity index (χ1v) is 12.5. The van der Waals surface area contributed by atoms with Crippen LogP contribution >= 0.6 is 0 Å². The Hall–Kier alpha value is -3.70. The van der Waals surface area contributed by atoms with Crippen molar-refractivity contribution in [3.05, 3.63) is 71.9 Å². The highest BCUT2D eigenvalue weighted by Gasteiger charge is 2.16. The smallest absolute Gasteiger partial charge is 0.0995 e. The van der Waals surface area contributed by atoms with Gasteiger partial charge in [-0.2, -0.15) is 5.26 Å². The van der Waals surface area contributed by atoms with E-state index >= 15 is 0 Å². The number of ether oxygens (including phenoxy) is 2. The zero-order chi connectivity index (χ0) is 24.3. The maximum absolute atomic E-state index is 9.87. The predicted molar refractivity (Wildman–Crippen MR) is 141 cm³/mol. The summed E-state index contributed by atoms with van der Waals surface area (Å²) in [5, 5.41) is 10.9. The topological polar surface area (TPSA) is 77.4 Å². The SMILES string of the molecule is N#Cc1cc(-c2nccc3[nH]c(-c4ccc(N5CCOCC5)cc4)cc23)ccc1CN1CCOCC1. The molecule has 2 aliphatic heterocycles. The van der Waals surface area contributed by atoms with E-state index in [0.29, 0.717) is 5.56 Å². The van der Waals surface area contributed by atoms with Crippen LogP contribution in [0.15, 0.2) is 60.8 Å². The Labute approximate surface area is 210 Å². The molecule has 4 heterocycles. The number of benzene rings is 2. The molecule has 0 saturated carbocycles. The Morgan fingerprint density at radius 1 is 0.861 bits per heavy atom. The molecule has 6 rings (SSSR count). The highest BCUT2D eigenvalue weighted by Crippen LogP contribution is 2.32. The number of nitrogens with one attached hydrogen (secondary N) is 1. The van der Waals surface area contributed by atoms with E-state index in [1.807, 2.05) is 18.3 Å². The molecule has 4 aromatic rings. The molecule has 0 bridgehead atoms. The lowest BCUT2D eigenvalue weighted by Crippen LogP contribution is -2.36. The Kier molecular flexibility index (Phi) is 6.39. The van der Waals surface area contributed by atoms with Crippen LogP contribution in [0.1, 0.15) is 11.1 Å². The van der Waals surface area contributed by atoms with E-state index in [-0.39, 0.29) is 0 Å². The van der Waals surface area contributed by atoms with Crippen molar-refractivity contribution in [2.24, 2.45) is 0 Å². The van der Waals surface area contributed by atoms with Gasteiger partial charge in [-0.15, -0.1) is 0 Å². The van der Waals surface area contributed by atoms with Crippen LogP contribution in [0.2, 0.25) is 0 Å². The van der Waals surface area contributed by atoms with Gasteiger partial charge in [0.05, 0.1) is 43.8 Å². The van der Waals surface area contributed by atoms with Crippen LogP contribution in [0, 0.1) is 11.3 Å². The van der Waals surface area contributed by atoms with Crippen LogP contribution in [0.25, 0.3) is 33.4 Å². The molecule has 2 aromatic carbocycles. The number of aromatic nitrogens is 2. The fourth-order valence-electron chi connectivity index (χ4n) is 5.08. The van der Waals surface area contributed by atoms with Crippen molar-refractivity contribution in [1.82, 2.24) is 14.9 Å². The third-order valence-electron chi connectivity index (χ3n) is 7.10. The average Bonchev–Trinajstić information content (AvgIpc) is 3.39. The molecule has 0 atom stereocenters. The molecule has 7 nitrogen and oxygen atoms in total. The standard InChI is InChI=1S/C29H29N5O2/c30-19-24-17-22(1-2-23(24)20-33-9-13-35-14-10-33)29-26-18-28(32-27(26)7-8-31-29)21-3-5-25(6-4-21)34-11-15-36-16-12-34/h1-8,17-18,32H,9-16,20H2. The molecular weight excluding hydrogens is 450 g/mol. The largest absolute Gasteiger partial charge is 0.379 e. The Bertz CT molecular complexity index is 1390. The zero-order valence-electron chi connectivity index (χ0n) is 20.2. The lowest BCUT2D eigenvalue weighted by molar-refractivity contribution is 0.0341. The van der Waals surface area contributed by atoms with E-state index in [1.165, 1.54) is 5.69 Å². The molecule has 36 heavy (non-hydrogen) atoms. The van der Waals surface area contributed by atoms with Gasteiger partial charge in [0, 0.05) is 66.8 Å². The number of hydrogen-bond acceptors (Lipinski definition) is 6. The summed E-state index contributed by atoms with van der Waals surface area (Å²) in [5.74, 6) is 0. The number of anilines is 1. The molecule has 1 N–H and O–H groups in total. The van der Waals surface area contributed by atoms with Crippen molar-refractivity contribution < 1.29 is 9.47 Å². The quantitative estimate of drug-likeness (QED) is 0.456. The summed E-state index contributed by atoms with van der Waals surface area (Å²) in [6.45, 7) is 7.46. The maximum atomic E-state index is 9.87. The van der Waals surface area contributed by atoms with Crippen LogP contribution in [0.4, 0.5) is 5.69 Å². The number of aromatic amines is 1. The van der Waals surface area contributed by atoms with E-state index in [2.05, 4.69) is 63.3 Å². The maximum Gasteiger partial charge on any atom is 0.0995 e. The fraction of sp³-hybridized carbons (Fsp3) is 0.310. The molecule has 0 spiro atoms. The van der Waals surface area contributed by atoms with Crippen molar-refractivity contribution in [3.8, 4) is 28.6 Å². The molecular formula is C29H29N5O2. The van der Waals surface area contributed by atoms with Crippen LogP contribution in [-0.4, -0.2) is 67.5 Å². The highest BCUT2D eigenvalue weighted by molar-refractivity contribution is 5.96. The van der Waals surface area contributed by atoms with E-state index in [4.69, 9.17) is 14.5 Å². The van der Waals surface area contributed by atoms with Gasteiger partial charge in [0.2, 0.25) is 0 Å². The molecule has 0 aliphatic carbocycles. The minimum atomic E-state index is 0.701. The number of nitriles is 1. The number of morpholine rings is 2. The van der Waals surface area contributed by atoms with Gasteiger partial charge < -0.3 is 19.4 Å². The van der Waals surface area contributed by atoms with Gasteiger partial charge in [-0.05, 0) is 41.5 Å². The molecule has 0 amide bonds. The Morgan fingerprint density at radius 2 is 1.58 bits per heavy atom. The highest BCUT2D eigenvalue weighted by atomic mass is 16.5. The van der Waals surface area contributed by atoms with Gasteiger partial charge in [0.1, 0.15) is 0 Å².